The van der Waals surface area contributed by atoms with Crippen molar-refractivity contribution in [2.45, 2.75) is 68.5 Å². The minimum absolute atomic E-state index is 0.0384. The number of benzene rings is 2. The molecule has 2 aromatic rings. The molecule has 1 fully saturated rings. The number of esters is 3. The van der Waals surface area contributed by atoms with E-state index in [9.17, 15) is 24.6 Å². The molecule has 10 nitrogen and oxygen atoms in total. The maximum atomic E-state index is 13.7. The number of carbonyl (C=O) groups is 3. The summed E-state index contributed by atoms with van der Waals surface area (Å²) in [5.41, 5.74) is -0.0162. The maximum Gasteiger partial charge on any atom is 0.357 e. The van der Waals surface area contributed by atoms with E-state index in [1.165, 1.54) is 13.8 Å². The van der Waals surface area contributed by atoms with Crippen molar-refractivity contribution < 1.29 is 43.5 Å². The Hall–Kier alpha value is -3.89. The Kier molecular flexibility index (Phi) is 6.15. The number of likely N-dealkylation sites (tertiary alicyclic amines) is 1. The fraction of sp³-hybridized carbons (Fsp3) is 0.433. The van der Waals surface area contributed by atoms with E-state index < -0.39 is 47.2 Å². The average molecular weight is 550 g/mol. The zero-order chi connectivity index (χ0) is 28.4. The molecule has 10 heteroatoms. The van der Waals surface area contributed by atoms with Gasteiger partial charge in [-0.15, -0.1) is 0 Å². The van der Waals surface area contributed by atoms with Gasteiger partial charge in [0.15, 0.2) is 23.7 Å². The highest BCUT2D eigenvalue weighted by atomic mass is 16.6. The van der Waals surface area contributed by atoms with Crippen molar-refractivity contribution in [1.82, 2.24) is 4.90 Å². The normalized spacial score (nSPS) is 29.2. The van der Waals surface area contributed by atoms with Gasteiger partial charge in [0.05, 0.1) is 11.0 Å². The second-order valence-corrected chi connectivity index (χ2v) is 11.0. The number of piperidine rings is 1. The minimum Gasteiger partial charge on any atom is -0.504 e. The molecular formula is C30H31NO9. The van der Waals surface area contributed by atoms with Gasteiger partial charge in [-0.3, -0.25) is 4.79 Å². The molecule has 2 unspecified atom stereocenters. The molecule has 2 N–H and O–H groups in total. The molecule has 0 aromatic heterocycles. The third-order valence-corrected chi connectivity index (χ3v) is 8.80. The van der Waals surface area contributed by atoms with E-state index in [1.807, 2.05) is 13.1 Å². The summed E-state index contributed by atoms with van der Waals surface area (Å²) in [6.07, 6.45) is -0.563. The van der Waals surface area contributed by atoms with E-state index in [4.69, 9.17) is 18.9 Å². The van der Waals surface area contributed by atoms with Gasteiger partial charge in [-0.1, -0.05) is 36.4 Å². The number of aliphatic hydroxyl groups is 1. The van der Waals surface area contributed by atoms with E-state index in [-0.39, 0.29) is 24.0 Å². The molecule has 0 saturated carbocycles. The van der Waals surface area contributed by atoms with Crippen LogP contribution in [0.4, 0.5) is 0 Å². The van der Waals surface area contributed by atoms with E-state index in [0.717, 1.165) is 11.1 Å². The summed E-state index contributed by atoms with van der Waals surface area (Å²) in [4.78, 5) is 39.9. The third kappa shape index (κ3) is 3.73. The van der Waals surface area contributed by atoms with Crippen LogP contribution in [0.2, 0.25) is 0 Å². The molecule has 2 aliphatic heterocycles. The summed E-state index contributed by atoms with van der Waals surface area (Å²) < 4.78 is 22.7. The van der Waals surface area contributed by atoms with E-state index in [2.05, 4.69) is 4.90 Å². The predicted octanol–water partition coefficient (Wildman–Crippen LogP) is 2.45. The second-order valence-electron chi connectivity index (χ2n) is 11.0. The fourth-order valence-electron chi connectivity index (χ4n) is 7.00. The summed E-state index contributed by atoms with van der Waals surface area (Å²) in [6.45, 7) is 3.21. The number of hydrogen-bond donors (Lipinski definition) is 2. The van der Waals surface area contributed by atoms with Crippen molar-refractivity contribution in [3.05, 3.63) is 71.0 Å². The number of hydrogen-bond acceptors (Lipinski definition) is 10. The largest absolute Gasteiger partial charge is 0.504 e. The van der Waals surface area contributed by atoms with Crippen molar-refractivity contribution in [3.63, 3.8) is 0 Å². The van der Waals surface area contributed by atoms with Gasteiger partial charge in [-0.25, -0.2) is 9.59 Å². The smallest absolute Gasteiger partial charge is 0.357 e. The quantitative estimate of drug-likeness (QED) is 0.409. The SMILES string of the molecule is CC(=O)O[C@@H](C)C(=O)O[C@H](C(=O)OC1=CC[C@@]2(O)[C@H]3Cc4ccc(O)c5c4C2(CCN3C)C1O5)c1ccccc1. The van der Waals surface area contributed by atoms with Crippen LogP contribution in [0.25, 0.3) is 0 Å². The van der Waals surface area contributed by atoms with Gasteiger partial charge in [-0.2, -0.15) is 0 Å². The summed E-state index contributed by atoms with van der Waals surface area (Å²) in [7, 11) is 1.99. The Morgan fingerprint density at radius 2 is 1.85 bits per heavy atom. The lowest BCUT2D eigenvalue weighted by Crippen LogP contribution is -2.74. The molecule has 40 heavy (non-hydrogen) atoms. The molecule has 1 spiro atoms. The number of ether oxygens (including phenoxy) is 4. The number of phenols is 1. The molecular weight excluding hydrogens is 518 g/mol. The maximum absolute atomic E-state index is 13.7. The minimum atomic E-state index is -1.45. The van der Waals surface area contributed by atoms with Crippen LogP contribution in [0.15, 0.2) is 54.3 Å². The fourth-order valence-corrected chi connectivity index (χ4v) is 7.00. The number of likely N-dealkylation sites (N-methyl/N-ethyl adjacent to an activating group) is 1. The van der Waals surface area contributed by atoms with Crippen LogP contribution in [0, 0.1) is 0 Å². The molecule has 0 amide bonds. The van der Waals surface area contributed by atoms with Gasteiger partial charge in [0.25, 0.3) is 0 Å². The molecule has 210 valence electrons. The van der Waals surface area contributed by atoms with Gasteiger partial charge >= 0.3 is 17.9 Å². The van der Waals surface area contributed by atoms with Crippen LogP contribution in [0.1, 0.15) is 49.5 Å². The van der Waals surface area contributed by atoms with Crippen LogP contribution in [0.5, 0.6) is 11.5 Å². The number of aromatic hydroxyl groups is 1. The second kappa shape index (κ2) is 9.35. The Morgan fingerprint density at radius 3 is 2.58 bits per heavy atom. The molecule has 4 aliphatic rings. The highest BCUT2D eigenvalue weighted by molar-refractivity contribution is 5.84. The molecule has 2 heterocycles. The van der Waals surface area contributed by atoms with Gasteiger partial charge in [0, 0.05) is 30.5 Å². The molecule has 6 rings (SSSR count). The molecule has 0 radical (unpaired) electrons. The first-order valence-electron chi connectivity index (χ1n) is 13.4. The van der Waals surface area contributed by atoms with Gasteiger partial charge in [-0.05, 0) is 51.1 Å². The zero-order valence-corrected chi connectivity index (χ0v) is 22.5. The van der Waals surface area contributed by atoms with Crippen molar-refractivity contribution in [2.75, 3.05) is 13.6 Å². The Balaban J connectivity index is 1.35. The lowest BCUT2D eigenvalue weighted by atomic mass is 9.50. The first-order chi connectivity index (χ1) is 19.1. The number of nitrogens with zero attached hydrogens (tertiary/aromatic N) is 1. The third-order valence-electron chi connectivity index (χ3n) is 8.80. The first-order valence-corrected chi connectivity index (χ1v) is 13.4. The Bertz CT molecular complexity index is 1420. The van der Waals surface area contributed by atoms with Crippen molar-refractivity contribution in [3.8, 4) is 11.5 Å². The Morgan fingerprint density at radius 1 is 1.10 bits per heavy atom. The van der Waals surface area contributed by atoms with Gasteiger partial charge < -0.3 is 34.1 Å². The average Bonchev–Trinajstić information content (AvgIpc) is 3.28. The first kappa shape index (κ1) is 26.3. The predicted molar refractivity (Wildman–Crippen MR) is 139 cm³/mol. The monoisotopic (exact) mass is 549 g/mol. The molecule has 1 saturated heterocycles. The molecule has 2 aromatic carbocycles. The number of carbonyl (C=O) groups excluding carboxylic acids is 3. The zero-order valence-electron chi connectivity index (χ0n) is 22.5. The standard InChI is InChI=1S/C30H31NO9/c1-16(37-17(2)32)27(34)40-24(18-7-5-4-6-8-18)28(35)38-21-11-12-30(36)22-15-19-9-10-20(33)25-23(19)29(30,26(21)39-25)13-14-31(22)3/h4-11,16,22,24,26,33,36H,12-15H2,1-3H3/t16-,22+,24-,26?,29?,30+/m0/s1. The Labute approximate surface area is 231 Å². The number of phenolic OH excluding ortho intramolecular Hbond substituents is 1. The summed E-state index contributed by atoms with van der Waals surface area (Å²) >= 11 is 0. The van der Waals surface area contributed by atoms with Crippen LogP contribution < -0.4 is 4.74 Å². The van der Waals surface area contributed by atoms with E-state index in [1.54, 1.807) is 42.5 Å². The lowest BCUT2D eigenvalue weighted by Gasteiger charge is -2.61. The molecule has 2 aliphatic carbocycles. The van der Waals surface area contributed by atoms with Crippen molar-refractivity contribution in [2.24, 2.45) is 0 Å². The highest BCUT2D eigenvalue weighted by Crippen LogP contribution is 2.65. The van der Waals surface area contributed by atoms with Crippen LogP contribution in [0.3, 0.4) is 0 Å². The van der Waals surface area contributed by atoms with E-state index >= 15 is 0 Å². The summed E-state index contributed by atoms with van der Waals surface area (Å²) in [6, 6.07) is 11.7. The lowest BCUT2D eigenvalue weighted by molar-refractivity contribution is -0.181. The topological polar surface area (TPSA) is 132 Å². The van der Waals surface area contributed by atoms with Crippen LogP contribution in [-0.2, 0) is 40.4 Å². The van der Waals surface area contributed by atoms with E-state index in [0.29, 0.717) is 30.7 Å². The van der Waals surface area contributed by atoms with Crippen molar-refractivity contribution in [1.29, 1.82) is 0 Å². The van der Waals surface area contributed by atoms with Gasteiger partial charge in [0.1, 0.15) is 5.76 Å². The van der Waals surface area contributed by atoms with Crippen LogP contribution >= 0.6 is 0 Å². The van der Waals surface area contributed by atoms with Crippen molar-refractivity contribution >= 4 is 17.9 Å². The summed E-state index contributed by atoms with van der Waals surface area (Å²) in [5, 5.41) is 23.0. The number of rotatable bonds is 6. The summed E-state index contributed by atoms with van der Waals surface area (Å²) in [5.74, 6) is -1.99. The van der Waals surface area contributed by atoms with Crippen LogP contribution in [-0.4, -0.2) is 70.5 Å². The van der Waals surface area contributed by atoms with Gasteiger partial charge in [0.2, 0.25) is 6.10 Å². The highest BCUT2D eigenvalue weighted by Gasteiger charge is 2.72. The molecule has 2 bridgehead atoms. The molecule has 6 atom stereocenters.